The van der Waals surface area contributed by atoms with Crippen LogP contribution in [0.4, 0.5) is 8.78 Å². The van der Waals surface area contributed by atoms with Gasteiger partial charge < -0.3 is 10.4 Å². The number of halogens is 2. The van der Waals surface area contributed by atoms with Crippen molar-refractivity contribution in [1.29, 1.82) is 0 Å². The minimum Gasteiger partial charge on any atom is -0.396 e. The third-order valence-electron chi connectivity index (χ3n) is 4.24. The fourth-order valence-corrected chi connectivity index (χ4v) is 2.93. The van der Waals surface area contributed by atoms with Gasteiger partial charge in [0.25, 0.3) is 0 Å². The summed E-state index contributed by atoms with van der Waals surface area (Å²) < 4.78 is 27.2. The van der Waals surface area contributed by atoms with Gasteiger partial charge in [-0.25, -0.2) is 8.78 Å². The molecule has 0 aliphatic carbocycles. The number of hydrogen-bond acceptors (Lipinski definition) is 3. The van der Waals surface area contributed by atoms with E-state index in [0.29, 0.717) is 18.0 Å². The number of pyridine rings is 1. The summed E-state index contributed by atoms with van der Waals surface area (Å²) in [7, 11) is 0. The Kier molecular flexibility index (Phi) is 7.47. The first-order chi connectivity index (χ1) is 12.0. The highest BCUT2D eigenvalue weighted by Crippen LogP contribution is 2.22. The Balaban J connectivity index is 2.02. The highest BCUT2D eigenvalue weighted by molar-refractivity contribution is 5.19. The molecule has 0 saturated carbocycles. The van der Waals surface area contributed by atoms with Crippen molar-refractivity contribution in [1.82, 2.24) is 10.3 Å². The van der Waals surface area contributed by atoms with E-state index in [0.717, 1.165) is 24.1 Å². The predicted octanol–water partition coefficient (Wildman–Crippen LogP) is 3.89. The van der Waals surface area contributed by atoms with Crippen LogP contribution >= 0.6 is 0 Å². The maximum absolute atomic E-state index is 13.8. The molecule has 0 saturated heterocycles. The van der Waals surface area contributed by atoms with E-state index in [-0.39, 0.29) is 25.0 Å². The van der Waals surface area contributed by atoms with Gasteiger partial charge in [-0.2, -0.15) is 0 Å². The Morgan fingerprint density at radius 1 is 1.12 bits per heavy atom. The van der Waals surface area contributed by atoms with Crippen LogP contribution in [-0.4, -0.2) is 23.2 Å². The van der Waals surface area contributed by atoms with Crippen LogP contribution in [0.1, 0.15) is 37.4 Å². The van der Waals surface area contributed by atoms with E-state index < -0.39 is 11.6 Å². The van der Waals surface area contributed by atoms with E-state index in [1.165, 1.54) is 6.07 Å². The Hall–Kier alpha value is -1.85. The molecule has 0 radical (unpaired) electrons. The minimum atomic E-state index is -0.462. The molecule has 136 valence electrons. The number of aliphatic hydroxyl groups excluding tert-OH is 1. The number of nitrogens with one attached hydrogen (secondary N) is 1. The average Bonchev–Trinajstić information content (AvgIpc) is 2.60. The molecule has 2 rings (SSSR count). The molecule has 0 aliphatic rings. The molecule has 0 fully saturated rings. The summed E-state index contributed by atoms with van der Waals surface area (Å²) in [5.41, 5.74) is 1.43. The van der Waals surface area contributed by atoms with Gasteiger partial charge in [-0.1, -0.05) is 13.8 Å². The number of aromatic nitrogens is 1. The molecule has 5 heteroatoms. The molecule has 0 bridgehead atoms. The maximum atomic E-state index is 13.8. The summed E-state index contributed by atoms with van der Waals surface area (Å²) in [5.74, 6) is -0.588. The summed E-state index contributed by atoms with van der Waals surface area (Å²) in [4.78, 5) is 4.05. The van der Waals surface area contributed by atoms with Gasteiger partial charge in [0.05, 0.1) is 0 Å². The van der Waals surface area contributed by atoms with Crippen molar-refractivity contribution >= 4 is 0 Å². The van der Waals surface area contributed by atoms with Crippen LogP contribution in [0.25, 0.3) is 0 Å². The van der Waals surface area contributed by atoms with Crippen molar-refractivity contribution in [2.24, 2.45) is 11.8 Å². The summed E-state index contributed by atoms with van der Waals surface area (Å²) in [6.07, 6.45) is 4.75. The van der Waals surface area contributed by atoms with Gasteiger partial charge in [0.2, 0.25) is 0 Å². The van der Waals surface area contributed by atoms with E-state index >= 15 is 0 Å². The van der Waals surface area contributed by atoms with Gasteiger partial charge in [0.1, 0.15) is 11.6 Å². The van der Waals surface area contributed by atoms with Crippen molar-refractivity contribution in [3.63, 3.8) is 0 Å². The van der Waals surface area contributed by atoms with Gasteiger partial charge in [0, 0.05) is 31.6 Å². The average molecular weight is 348 g/mol. The van der Waals surface area contributed by atoms with Crippen LogP contribution in [0, 0.1) is 23.5 Å². The van der Waals surface area contributed by atoms with E-state index in [2.05, 4.69) is 24.1 Å². The Morgan fingerprint density at radius 2 is 1.84 bits per heavy atom. The zero-order chi connectivity index (χ0) is 18.2. The van der Waals surface area contributed by atoms with Crippen LogP contribution in [0.5, 0.6) is 0 Å². The van der Waals surface area contributed by atoms with E-state index in [1.807, 2.05) is 12.1 Å². The highest BCUT2D eigenvalue weighted by Gasteiger charge is 2.17. The molecular formula is C20H26F2N2O. The number of hydrogen-bond donors (Lipinski definition) is 2. The van der Waals surface area contributed by atoms with Gasteiger partial charge in [-0.3, -0.25) is 4.98 Å². The fourth-order valence-electron chi connectivity index (χ4n) is 2.93. The monoisotopic (exact) mass is 348 g/mol. The van der Waals surface area contributed by atoms with Gasteiger partial charge >= 0.3 is 0 Å². The molecule has 0 spiro atoms. The number of benzene rings is 1. The first-order valence-corrected chi connectivity index (χ1v) is 8.67. The Labute approximate surface area is 148 Å². The molecule has 0 amide bonds. The zero-order valence-electron chi connectivity index (χ0n) is 14.8. The van der Waals surface area contributed by atoms with Crippen molar-refractivity contribution < 1.29 is 13.9 Å². The largest absolute Gasteiger partial charge is 0.396 e. The zero-order valence-corrected chi connectivity index (χ0v) is 14.8. The lowest BCUT2D eigenvalue weighted by molar-refractivity contribution is 0.215. The van der Waals surface area contributed by atoms with Crippen LogP contribution in [0.15, 0.2) is 42.7 Å². The first kappa shape index (κ1) is 19.5. The molecule has 1 heterocycles. The molecule has 2 atom stereocenters. The van der Waals surface area contributed by atoms with Crippen molar-refractivity contribution in [3.05, 3.63) is 65.5 Å². The molecule has 2 aromatic rings. The third-order valence-corrected chi connectivity index (χ3v) is 4.24. The summed E-state index contributed by atoms with van der Waals surface area (Å²) >= 11 is 0. The second kappa shape index (κ2) is 9.59. The van der Waals surface area contributed by atoms with Crippen LogP contribution in [0.3, 0.4) is 0 Å². The topological polar surface area (TPSA) is 45.1 Å². The quantitative estimate of drug-likeness (QED) is 0.723. The molecule has 3 nitrogen and oxygen atoms in total. The number of aliphatic hydroxyl groups is 1. The maximum Gasteiger partial charge on any atom is 0.126 e. The molecule has 1 aromatic heterocycles. The highest BCUT2D eigenvalue weighted by atomic mass is 19.1. The van der Waals surface area contributed by atoms with E-state index in [1.54, 1.807) is 12.4 Å². The summed E-state index contributed by atoms with van der Waals surface area (Å²) in [6, 6.07) is 7.51. The number of rotatable bonds is 9. The van der Waals surface area contributed by atoms with Crippen molar-refractivity contribution in [2.75, 3.05) is 13.2 Å². The van der Waals surface area contributed by atoms with Gasteiger partial charge in [-0.15, -0.1) is 0 Å². The first-order valence-electron chi connectivity index (χ1n) is 8.67. The number of nitrogens with zero attached hydrogens (tertiary/aromatic N) is 1. The molecule has 1 aromatic carbocycles. The van der Waals surface area contributed by atoms with Crippen LogP contribution in [0.2, 0.25) is 0 Å². The molecule has 0 aliphatic heterocycles. The Bertz CT molecular complexity index is 649. The summed E-state index contributed by atoms with van der Waals surface area (Å²) in [6.45, 7) is 4.74. The normalized spacial score (nSPS) is 13.8. The van der Waals surface area contributed by atoms with Crippen LogP contribution in [-0.2, 0) is 6.42 Å². The van der Waals surface area contributed by atoms with Crippen LogP contribution < -0.4 is 5.32 Å². The summed E-state index contributed by atoms with van der Waals surface area (Å²) in [5, 5.41) is 13.1. The Morgan fingerprint density at radius 3 is 2.48 bits per heavy atom. The smallest absolute Gasteiger partial charge is 0.126 e. The second-order valence-electron chi connectivity index (χ2n) is 6.86. The molecule has 2 unspecified atom stereocenters. The van der Waals surface area contributed by atoms with Gasteiger partial charge in [-0.05, 0) is 66.1 Å². The minimum absolute atomic E-state index is 0.0896. The SMILES string of the molecule is CC(C)CC(NCC(CO)Cc1cc(F)ccc1F)c1ccncc1. The standard InChI is InChI=1S/C20H26F2N2O/c1-14(2)9-20(16-5-7-23-8-6-16)24-12-15(13-25)10-17-11-18(21)3-4-19(17)22/h3-8,11,14-15,20,24-25H,9-10,12-13H2,1-2H3. The lowest BCUT2D eigenvalue weighted by atomic mass is 9.95. The third kappa shape index (κ3) is 6.18. The molecule has 2 N–H and O–H groups in total. The van der Waals surface area contributed by atoms with E-state index in [4.69, 9.17) is 0 Å². The second-order valence-corrected chi connectivity index (χ2v) is 6.86. The molecular weight excluding hydrogens is 322 g/mol. The lowest BCUT2D eigenvalue weighted by Crippen LogP contribution is -2.31. The fraction of sp³-hybridized carbons (Fsp3) is 0.450. The predicted molar refractivity (Wildman–Crippen MR) is 95.1 cm³/mol. The van der Waals surface area contributed by atoms with Crippen molar-refractivity contribution in [3.8, 4) is 0 Å². The van der Waals surface area contributed by atoms with Gasteiger partial charge in [0.15, 0.2) is 0 Å². The van der Waals surface area contributed by atoms with Crippen molar-refractivity contribution in [2.45, 2.75) is 32.7 Å². The van der Waals surface area contributed by atoms with E-state index in [9.17, 15) is 13.9 Å². The lowest BCUT2D eigenvalue weighted by Gasteiger charge is -2.24. The molecule has 25 heavy (non-hydrogen) atoms.